The number of nitrogens with one attached hydrogen (secondary N) is 1. The minimum Gasteiger partial charge on any atom is -0.322 e. The van der Waals surface area contributed by atoms with Crippen molar-refractivity contribution in [2.75, 3.05) is 11.4 Å². The van der Waals surface area contributed by atoms with Gasteiger partial charge in [-0.3, -0.25) is 19.1 Å². The van der Waals surface area contributed by atoms with E-state index in [-0.39, 0.29) is 18.2 Å². The number of hydrogen-bond acceptors (Lipinski definition) is 4. The molecule has 0 fully saturated rings. The van der Waals surface area contributed by atoms with E-state index in [0.717, 1.165) is 18.5 Å². The minimum absolute atomic E-state index is 0.000800. The molecule has 32 heavy (non-hydrogen) atoms. The number of anilines is 1. The van der Waals surface area contributed by atoms with E-state index >= 15 is 0 Å². The lowest BCUT2D eigenvalue weighted by atomic mass is 10.2. The van der Waals surface area contributed by atoms with E-state index in [1.807, 2.05) is 41.8 Å². The topological polar surface area (TPSA) is 93.0 Å². The van der Waals surface area contributed by atoms with Crippen molar-refractivity contribution in [2.24, 2.45) is 5.92 Å². The van der Waals surface area contributed by atoms with Crippen LogP contribution in [0.4, 0.5) is 5.69 Å². The predicted molar refractivity (Wildman–Crippen MR) is 127 cm³/mol. The maximum atomic E-state index is 13.0. The zero-order chi connectivity index (χ0) is 23.3. The van der Waals surface area contributed by atoms with Crippen LogP contribution in [0.25, 0.3) is 11.2 Å². The molecule has 0 saturated heterocycles. The number of amides is 1. The highest BCUT2D eigenvalue weighted by Gasteiger charge is 2.21. The number of carbonyl (C=O) groups excluding carboxylic acids is 1. The lowest BCUT2D eigenvalue weighted by Gasteiger charge is -2.21. The number of aromatic nitrogens is 4. The Kier molecular flexibility index (Phi) is 7.66. The lowest BCUT2D eigenvalue weighted by Crippen LogP contribution is -2.31. The van der Waals surface area contributed by atoms with Crippen molar-refractivity contribution in [3.8, 4) is 0 Å². The zero-order valence-corrected chi connectivity index (χ0v) is 19.4. The molecule has 8 nitrogen and oxygen atoms in total. The Bertz CT molecular complexity index is 1170. The second kappa shape index (κ2) is 10.4. The van der Waals surface area contributed by atoms with Crippen molar-refractivity contribution in [3.05, 3.63) is 57.0 Å². The van der Waals surface area contributed by atoms with Crippen molar-refractivity contribution in [1.82, 2.24) is 19.1 Å². The quantitative estimate of drug-likeness (QED) is 0.524. The molecule has 3 aromatic rings. The summed E-state index contributed by atoms with van der Waals surface area (Å²) in [7, 11) is 0. The third kappa shape index (κ3) is 5.00. The first kappa shape index (κ1) is 23.5. The summed E-state index contributed by atoms with van der Waals surface area (Å²) >= 11 is 0. The molecule has 0 radical (unpaired) electrons. The molecular weight excluding hydrogens is 406 g/mol. The van der Waals surface area contributed by atoms with Gasteiger partial charge in [0.1, 0.15) is 5.82 Å². The summed E-state index contributed by atoms with van der Waals surface area (Å²) in [5, 5.41) is 0. The molecule has 0 atom stereocenters. The molecule has 1 N–H and O–H groups in total. The summed E-state index contributed by atoms with van der Waals surface area (Å²) in [6, 6.07) is 9.58. The minimum atomic E-state index is -0.436. The maximum Gasteiger partial charge on any atom is 0.330 e. The van der Waals surface area contributed by atoms with Crippen LogP contribution in [0.5, 0.6) is 0 Å². The standard InChI is InChI=1S/C24H33N5O3/c1-5-7-15-28-22-21(23(31)26-24(28)32)29(16-17(3)4)19(25-22)13-14-20(30)27(6-2)18-11-9-8-10-12-18/h8-12,17H,5-7,13-16H2,1-4H3,(H,26,31,32). The van der Waals surface area contributed by atoms with Crippen LogP contribution >= 0.6 is 0 Å². The van der Waals surface area contributed by atoms with Crippen molar-refractivity contribution in [1.29, 1.82) is 0 Å². The average molecular weight is 440 g/mol. The van der Waals surface area contributed by atoms with Crippen LogP contribution in [0.1, 0.15) is 52.8 Å². The van der Waals surface area contributed by atoms with Crippen LogP contribution in [0, 0.1) is 5.92 Å². The number of aryl methyl sites for hydroxylation is 2. The monoisotopic (exact) mass is 439 g/mol. The first-order valence-corrected chi connectivity index (χ1v) is 11.4. The SMILES string of the molecule is CCCCn1c(=O)[nH]c(=O)c2c1nc(CCC(=O)N(CC)c1ccccc1)n2CC(C)C. The zero-order valence-electron chi connectivity index (χ0n) is 19.4. The first-order chi connectivity index (χ1) is 15.4. The third-order valence-electron chi connectivity index (χ3n) is 5.50. The predicted octanol–water partition coefficient (Wildman–Crippen LogP) is 3.33. The average Bonchev–Trinajstić information content (AvgIpc) is 3.11. The maximum absolute atomic E-state index is 13.0. The number of rotatable bonds is 10. The highest BCUT2D eigenvalue weighted by molar-refractivity contribution is 5.93. The van der Waals surface area contributed by atoms with Gasteiger partial charge in [-0.15, -0.1) is 0 Å². The van der Waals surface area contributed by atoms with Gasteiger partial charge in [-0.2, -0.15) is 0 Å². The first-order valence-electron chi connectivity index (χ1n) is 11.4. The van der Waals surface area contributed by atoms with Crippen LogP contribution in [0.3, 0.4) is 0 Å². The molecule has 2 heterocycles. The van der Waals surface area contributed by atoms with E-state index in [2.05, 4.69) is 25.8 Å². The number of hydrogen-bond donors (Lipinski definition) is 1. The highest BCUT2D eigenvalue weighted by Crippen LogP contribution is 2.18. The molecule has 172 valence electrons. The molecule has 0 aliphatic heterocycles. The molecule has 2 aromatic heterocycles. The van der Waals surface area contributed by atoms with E-state index in [9.17, 15) is 14.4 Å². The summed E-state index contributed by atoms with van der Waals surface area (Å²) in [5.41, 5.74) is 0.815. The number of H-pyrrole nitrogens is 1. The van der Waals surface area contributed by atoms with Crippen molar-refractivity contribution >= 4 is 22.8 Å². The van der Waals surface area contributed by atoms with Crippen LogP contribution in [0.2, 0.25) is 0 Å². The lowest BCUT2D eigenvalue weighted by molar-refractivity contribution is -0.118. The second-order valence-electron chi connectivity index (χ2n) is 8.44. The van der Waals surface area contributed by atoms with Gasteiger partial charge < -0.3 is 9.47 Å². The molecule has 1 amide bonds. The van der Waals surface area contributed by atoms with E-state index in [1.165, 1.54) is 0 Å². The van der Waals surface area contributed by atoms with Gasteiger partial charge in [0.05, 0.1) is 0 Å². The summed E-state index contributed by atoms with van der Waals surface area (Å²) < 4.78 is 3.43. The van der Waals surface area contributed by atoms with E-state index < -0.39 is 11.2 Å². The second-order valence-corrected chi connectivity index (χ2v) is 8.44. The smallest absolute Gasteiger partial charge is 0.322 e. The summed E-state index contributed by atoms with van der Waals surface area (Å²) in [5.74, 6) is 0.931. The molecule has 0 aliphatic rings. The fourth-order valence-corrected chi connectivity index (χ4v) is 3.96. The van der Waals surface area contributed by atoms with Gasteiger partial charge in [-0.05, 0) is 31.4 Å². The van der Waals surface area contributed by atoms with E-state index in [0.29, 0.717) is 43.0 Å². The summed E-state index contributed by atoms with van der Waals surface area (Å²) in [6.07, 6.45) is 2.40. The number of fused-ring (bicyclic) bond motifs is 1. The number of nitrogens with zero attached hydrogens (tertiary/aromatic N) is 4. The Labute approximate surface area is 187 Å². The van der Waals surface area contributed by atoms with Crippen molar-refractivity contribution in [3.63, 3.8) is 0 Å². The number of para-hydroxylation sites is 1. The van der Waals surface area contributed by atoms with E-state index in [4.69, 9.17) is 4.98 Å². The molecule has 3 rings (SSSR count). The van der Waals surface area contributed by atoms with E-state index in [1.54, 1.807) is 9.47 Å². The third-order valence-corrected chi connectivity index (χ3v) is 5.50. The summed E-state index contributed by atoms with van der Waals surface area (Å²) in [4.78, 5) is 47.1. The largest absolute Gasteiger partial charge is 0.330 e. The van der Waals surface area contributed by atoms with Crippen LogP contribution < -0.4 is 16.1 Å². The van der Waals surface area contributed by atoms with Gasteiger partial charge in [-0.1, -0.05) is 45.4 Å². The Morgan fingerprint density at radius 2 is 1.84 bits per heavy atom. The molecule has 1 aromatic carbocycles. The Morgan fingerprint density at radius 3 is 2.47 bits per heavy atom. The van der Waals surface area contributed by atoms with Crippen LogP contribution in [0.15, 0.2) is 39.9 Å². The number of aromatic amines is 1. The molecule has 0 saturated carbocycles. The van der Waals surface area contributed by atoms with Crippen molar-refractivity contribution < 1.29 is 4.79 Å². The van der Waals surface area contributed by atoms with Crippen molar-refractivity contribution in [2.45, 2.75) is 66.5 Å². The van der Waals surface area contributed by atoms with Gasteiger partial charge in [0.2, 0.25) is 5.91 Å². The number of carbonyl (C=O) groups is 1. The number of benzene rings is 1. The van der Waals surface area contributed by atoms with Gasteiger partial charge in [-0.25, -0.2) is 9.78 Å². The molecule has 8 heteroatoms. The van der Waals surface area contributed by atoms with Gasteiger partial charge >= 0.3 is 5.69 Å². The molecule has 0 unspecified atom stereocenters. The fraction of sp³-hybridized carbons (Fsp3) is 0.500. The van der Waals surface area contributed by atoms with Gasteiger partial charge in [0, 0.05) is 38.2 Å². The molecule has 0 aliphatic carbocycles. The normalized spacial score (nSPS) is 11.4. The van der Waals surface area contributed by atoms with Gasteiger partial charge in [0.25, 0.3) is 5.56 Å². The Morgan fingerprint density at radius 1 is 1.12 bits per heavy atom. The fourth-order valence-electron chi connectivity index (χ4n) is 3.96. The Balaban J connectivity index is 1.98. The molecule has 0 spiro atoms. The number of imidazole rings is 1. The molecular formula is C24H33N5O3. The Hall–Kier alpha value is -3.16. The van der Waals surface area contributed by atoms with Crippen LogP contribution in [-0.4, -0.2) is 31.6 Å². The number of unbranched alkanes of at least 4 members (excludes halogenated alkanes) is 1. The summed E-state index contributed by atoms with van der Waals surface area (Å²) in [6.45, 7) is 9.79. The van der Waals surface area contributed by atoms with Crippen LogP contribution in [-0.2, 0) is 24.3 Å². The van der Waals surface area contributed by atoms with Gasteiger partial charge in [0.15, 0.2) is 11.2 Å². The highest BCUT2D eigenvalue weighted by atomic mass is 16.2. The molecule has 0 bridgehead atoms.